The van der Waals surface area contributed by atoms with Crippen molar-refractivity contribution in [3.63, 3.8) is 0 Å². The second kappa shape index (κ2) is 10.2. The van der Waals surface area contributed by atoms with E-state index in [1.54, 1.807) is 48.3 Å². The van der Waals surface area contributed by atoms with Gasteiger partial charge in [0, 0.05) is 34.8 Å². The Morgan fingerprint density at radius 1 is 1.03 bits per heavy atom. The molecule has 0 spiro atoms. The summed E-state index contributed by atoms with van der Waals surface area (Å²) < 4.78 is 27.4. The Labute approximate surface area is 194 Å². The van der Waals surface area contributed by atoms with E-state index < -0.39 is 10.8 Å². The summed E-state index contributed by atoms with van der Waals surface area (Å²) in [6, 6.07) is 22.7. The van der Waals surface area contributed by atoms with E-state index in [1.165, 1.54) is 18.2 Å². The topological polar surface area (TPSA) is 64.0 Å². The molecule has 0 saturated heterocycles. The van der Waals surface area contributed by atoms with Gasteiger partial charge in [0.1, 0.15) is 5.82 Å². The molecular formula is C26H22FN3O2S. The van der Waals surface area contributed by atoms with Gasteiger partial charge in [-0.2, -0.15) is 5.10 Å². The van der Waals surface area contributed by atoms with Gasteiger partial charge in [-0.1, -0.05) is 30.3 Å². The van der Waals surface area contributed by atoms with Crippen molar-refractivity contribution >= 4 is 28.5 Å². The summed E-state index contributed by atoms with van der Waals surface area (Å²) in [6.07, 6.45) is 4.77. The van der Waals surface area contributed by atoms with Crippen LogP contribution < -0.4 is 5.32 Å². The van der Waals surface area contributed by atoms with Crippen LogP contribution in [0.2, 0.25) is 0 Å². The molecule has 0 radical (unpaired) electrons. The number of anilines is 1. The third-order valence-electron chi connectivity index (χ3n) is 5.02. The molecule has 1 N–H and O–H groups in total. The largest absolute Gasteiger partial charge is 0.323 e. The Hall–Kier alpha value is -3.84. The van der Waals surface area contributed by atoms with Gasteiger partial charge in [-0.3, -0.25) is 13.7 Å². The van der Waals surface area contributed by atoms with Crippen LogP contribution in [0.4, 0.5) is 10.1 Å². The molecule has 0 fully saturated rings. The highest BCUT2D eigenvalue weighted by Gasteiger charge is 2.10. The average molecular weight is 460 g/mol. The lowest BCUT2D eigenvalue weighted by molar-refractivity contribution is -0.111. The molecule has 166 valence electrons. The minimum Gasteiger partial charge on any atom is -0.323 e. The first-order chi connectivity index (χ1) is 16.0. The highest BCUT2D eigenvalue weighted by atomic mass is 32.2. The molecule has 5 nitrogen and oxygen atoms in total. The standard InChI is InChI=1S/C26H22FN3O2S/c1-30-26(20-9-12-22(27)13-10-20)21(17-28-30)11-16-25(31)29-23-14-7-19(8-15-23)18-33(32)24-5-3-2-4-6-24/h2-17H,18H2,1H3,(H,29,31)/b16-11+. The maximum Gasteiger partial charge on any atom is 0.248 e. The fraction of sp³-hybridized carbons (Fsp3) is 0.0769. The van der Waals surface area contributed by atoms with Crippen LogP contribution in [0.5, 0.6) is 0 Å². The third kappa shape index (κ3) is 5.70. The van der Waals surface area contributed by atoms with Crippen LogP contribution in [-0.4, -0.2) is 19.9 Å². The van der Waals surface area contributed by atoms with Gasteiger partial charge in [-0.05, 0) is 60.2 Å². The van der Waals surface area contributed by atoms with Crippen molar-refractivity contribution in [2.24, 2.45) is 7.05 Å². The molecule has 4 aromatic rings. The molecule has 1 aromatic heterocycles. The minimum absolute atomic E-state index is 0.287. The van der Waals surface area contributed by atoms with Crippen LogP contribution in [0.3, 0.4) is 0 Å². The SMILES string of the molecule is Cn1ncc(/C=C/C(=O)Nc2ccc(CS(=O)c3ccccc3)cc2)c1-c1ccc(F)cc1. The molecule has 4 rings (SSSR count). The maximum absolute atomic E-state index is 13.3. The maximum atomic E-state index is 13.3. The van der Waals surface area contributed by atoms with Gasteiger partial charge in [0.05, 0.1) is 28.4 Å². The Morgan fingerprint density at radius 2 is 1.73 bits per heavy atom. The molecule has 0 aliphatic heterocycles. The normalized spacial score (nSPS) is 12.1. The molecule has 1 heterocycles. The first-order valence-corrected chi connectivity index (χ1v) is 11.6. The van der Waals surface area contributed by atoms with Crippen molar-refractivity contribution in [1.29, 1.82) is 0 Å². The predicted octanol–water partition coefficient (Wildman–Crippen LogP) is 5.19. The van der Waals surface area contributed by atoms with E-state index in [2.05, 4.69) is 10.4 Å². The Balaban J connectivity index is 1.39. The average Bonchev–Trinajstić information content (AvgIpc) is 3.20. The van der Waals surface area contributed by atoms with Crippen LogP contribution in [0.25, 0.3) is 17.3 Å². The smallest absolute Gasteiger partial charge is 0.248 e. The monoisotopic (exact) mass is 459 g/mol. The summed E-state index contributed by atoms with van der Waals surface area (Å²) in [4.78, 5) is 13.2. The summed E-state index contributed by atoms with van der Waals surface area (Å²) in [5.74, 6) is -0.190. The number of halogens is 1. The molecule has 0 bridgehead atoms. The van der Waals surface area contributed by atoms with Gasteiger partial charge >= 0.3 is 0 Å². The van der Waals surface area contributed by atoms with Gasteiger partial charge in [0.15, 0.2) is 0 Å². The van der Waals surface area contributed by atoms with Crippen molar-refractivity contribution in [3.05, 3.63) is 108 Å². The lowest BCUT2D eigenvalue weighted by atomic mass is 10.1. The van der Waals surface area contributed by atoms with E-state index in [-0.39, 0.29) is 11.7 Å². The molecular weight excluding hydrogens is 437 g/mol. The van der Waals surface area contributed by atoms with E-state index in [1.807, 2.05) is 42.5 Å². The molecule has 1 atom stereocenters. The number of aryl methyl sites for hydroxylation is 1. The number of benzene rings is 3. The van der Waals surface area contributed by atoms with Gasteiger partial charge in [-0.15, -0.1) is 0 Å². The summed E-state index contributed by atoms with van der Waals surface area (Å²) in [5, 5.41) is 7.07. The number of carbonyl (C=O) groups excluding carboxylic acids is 1. The Morgan fingerprint density at radius 3 is 2.42 bits per heavy atom. The van der Waals surface area contributed by atoms with Crippen LogP contribution in [0, 0.1) is 5.82 Å². The zero-order valence-electron chi connectivity index (χ0n) is 17.9. The lowest BCUT2D eigenvalue weighted by Crippen LogP contribution is -2.07. The highest BCUT2D eigenvalue weighted by Crippen LogP contribution is 2.24. The summed E-state index contributed by atoms with van der Waals surface area (Å²) in [7, 11) is 0.673. The zero-order valence-corrected chi connectivity index (χ0v) is 18.8. The van der Waals surface area contributed by atoms with Gasteiger partial charge in [-0.25, -0.2) is 4.39 Å². The molecule has 0 aliphatic carbocycles. The number of nitrogens with one attached hydrogen (secondary N) is 1. The first-order valence-electron chi connectivity index (χ1n) is 10.3. The molecule has 1 amide bonds. The number of hydrogen-bond acceptors (Lipinski definition) is 3. The quantitative estimate of drug-likeness (QED) is 0.387. The number of carbonyl (C=O) groups is 1. The second-order valence-corrected chi connectivity index (χ2v) is 8.85. The zero-order chi connectivity index (χ0) is 23.2. The third-order valence-corrected chi connectivity index (χ3v) is 6.42. The van der Waals surface area contributed by atoms with E-state index in [4.69, 9.17) is 0 Å². The molecule has 0 aliphatic rings. The predicted molar refractivity (Wildman–Crippen MR) is 129 cm³/mol. The molecule has 0 saturated carbocycles. The summed E-state index contributed by atoms with van der Waals surface area (Å²) >= 11 is 0. The van der Waals surface area contributed by atoms with Gasteiger partial charge in [0.25, 0.3) is 0 Å². The Kier molecular flexibility index (Phi) is 6.90. The number of rotatable bonds is 7. The van der Waals surface area contributed by atoms with Crippen molar-refractivity contribution in [1.82, 2.24) is 9.78 Å². The second-order valence-electron chi connectivity index (χ2n) is 7.40. The molecule has 3 aromatic carbocycles. The summed E-state index contributed by atoms with van der Waals surface area (Å²) in [6.45, 7) is 0. The molecule has 7 heteroatoms. The first kappa shape index (κ1) is 22.4. The van der Waals surface area contributed by atoms with Crippen molar-refractivity contribution in [2.75, 3.05) is 5.32 Å². The van der Waals surface area contributed by atoms with Crippen LogP contribution in [0.1, 0.15) is 11.1 Å². The number of hydrogen-bond donors (Lipinski definition) is 1. The minimum atomic E-state index is -1.12. The van der Waals surface area contributed by atoms with E-state index in [9.17, 15) is 13.4 Å². The summed E-state index contributed by atoms with van der Waals surface area (Å²) in [5.41, 5.74) is 3.90. The number of amides is 1. The number of nitrogens with zero attached hydrogens (tertiary/aromatic N) is 2. The van der Waals surface area contributed by atoms with Crippen LogP contribution >= 0.6 is 0 Å². The van der Waals surface area contributed by atoms with Gasteiger partial charge < -0.3 is 5.32 Å². The van der Waals surface area contributed by atoms with Crippen molar-refractivity contribution in [3.8, 4) is 11.3 Å². The highest BCUT2D eigenvalue weighted by molar-refractivity contribution is 7.84. The lowest BCUT2D eigenvalue weighted by Gasteiger charge is -2.06. The van der Waals surface area contributed by atoms with E-state index in [0.29, 0.717) is 11.4 Å². The Bertz CT molecular complexity index is 1300. The van der Waals surface area contributed by atoms with Gasteiger partial charge in [0.2, 0.25) is 5.91 Å². The molecule has 33 heavy (non-hydrogen) atoms. The fourth-order valence-electron chi connectivity index (χ4n) is 3.38. The van der Waals surface area contributed by atoms with Crippen LogP contribution in [0.15, 0.2) is 96.0 Å². The van der Waals surface area contributed by atoms with Crippen molar-refractivity contribution in [2.45, 2.75) is 10.6 Å². The van der Waals surface area contributed by atoms with E-state index >= 15 is 0 Å². The van der Waals surface area contributed by atoms with Crippen molar-refractivity contribution < 1.29 is 13.4 Å². The molecule has 1 unspecified atom stereocenters. The fourth-order valence-corrected chi connectivity index (χ4v) is 4.50. The van der Waals surface area contributed by atoms with Crippen LogP contribution in [-0.2, 0) is 28.4 Å². The number of aromatic nitrogens is 2. The van der Waals surface area contributed by atoms with E-state index in [0.717, 1.165) is 27.3 Å².